The van der Waals surface area contributed by atoms with E-state index in [1.54, 1.807) is 18.5 Å². The van der Waals surface area contributed by atoms with E-state index in [9.17, 15) is 4.79 Å². The molecule has 4 heterocycles. The molecule has 0 radical (unpaired) electrons. The van der Waals surface area contributed by atoms with Gasteiger partial charge in [-0.3, -0.25) is 9.78 Å². The summed E-state index contributed by atoms with van der Waals surface area (Å²) >= 11 is 0. The molecule has 1 aliphatic rings. The molecule has 0 aliphatic carbocycles. The highest BCUT2D eigenvalue weighted by molar-refractivity contribution is 5.62. The number of anilines is 1. The van der Waals surface area contributed by atoms with Crippen LogP contribution in [-0.2, 0) is 6.54 Å². The molecule has 0 spiro atoms. The Balaban J connectivity index is 1.29. The molecule has 0 atom stereocenters. The second-order valence-corrected chi connectivity index (χ2v) is 7.92. The van der Waals surface area contributed by atoms with Crippen LogP contribution in [0.25, 0.3) is 11.3 Å². The second kappa shape index (κ2) is 8.30. The fraction of sp³-hybridized carbons (Fsp3) is 0.250. The summed E-state index contributed by atoms with van der Waals surface area (Å²) in [5.41, 5.74) is 3.88. The first-order chi connectivity index (χ1) is 15.6. The number of benzene rings is 1. The summed E-state index contributed by atoms with van der Waals surface area (Å²) in [4.78, 5) is 19.2. The zero-order valence-corrected chi connectivity index (χ0v) is 17.9. The van der Waals surface area contributed by atoms with E-state index < -0.39 is 0 Å². The standard InChI is InChI=1S/C24H23N5O3/c1-16-8-9-18(11-25-16)24-22(17(2)32-27-24)15-29-23(30)10-19(12-26-29)28-13-21(14-28)31-20-6-4-3-5-7-20/h3-12,21H,13-15H2,1-2H3. The van der Waals surface area contributed by atoms with Crippen LogP contribution in [0.3, 0.4) is 0 Å². The molecule has 0 saturated carbocycles. The number of ether oxygens (including phenoxy) is 1. The van der Waals surface area contributed by atoms with Crippen LogP contribution >= 0.6 is 0 Å². The van der Waals surface area contributed by atoms with Gasteiger partial charge in [0.2, 0.25) is 0 Å². The van der Waals surface area contributed by atoms with E-state index in [1.165, 1.54) is 4.68 Å². The van der Waals surface area contributed by atoms with Crippen molar-refractivity contribution in [2.24, 2.45) is 0 Å². The molecule has 5 rings (SSSR count). The molecule has 1 fully saturated rings. The van der Waals surface area contributed by atoms with Crippen molar-refractivity contribution < 1.29 is 9.26 Å². The third kappa shape index (κ3) is 3.99. The number of nitrogens with zero attached hydrogens (tertiary/aromatic N) is 5. The van der Waals surface area contributed by atoms with Crippen LogP contribution in [0.5, 0.6) is 5.75 Å². The first-order valence-corrected chi connectivity index (χ1v) is 10.5. The van der Waals surface area contributed by atoms with E-state index in [1.807, 2.05) is 56.3 Å². The lowest BCUT2D eigenvalue weighted by molar-refractivity contribution is 0.167. The van der Waals surface area contributed by atoms with Crippen molar-refractivity contribution in [3.8, 4) is 17.0 Å². The number of hydrogen-bond donors (Lipinski definition) is 0. The summed E-state index contributed by atoms with van der Waals surface area (Å²) in [5.74, 6) is 1.51. The van der Waals surface area contributed by atoms with Gasteiger partial charge in [0.1, 0.15) is 23.3 Å². The molecule has 32 heavy (non-hydrogen) atoms. The molecule has 0 unspecified atom stereocenters. The van der Waals surface area contributed by atoms with Gasteiger partial charge in [-0.05, 0) is 38.1 Å². The van der Waals surface area contributed by atoms with Gasteiger partial charge in [-0.25, -0.2) is 4.68 Å². The molecule has 0 amide bonds. The van der Waals surface area contributed by atoms with Gasteiger partial charge in [0.05, 0.1) is 31.5 Å². The van der Waals surface area contributed by atoms with Crippen molar-refractivity contribution in [3.63, 3.8) is 0 Å². The van der Waals surface area contributed by atoms with Gasteiger partial charge >= 0.3 is 0 Å². The quantitative estimate of drug-likeness (QED) is 0.465. The SMILES string of the molecule is Cc1ccc(-c2noc(C)c2Cn2ncc(N3CC(Oc4ccccc4)C3)cc2=O)cn1. The number of hydrogen-bond acceptors (Lipinski definition) is 7. The largest absolute Gasteiger partial charge is 0.487 e. The molecule has 8 nitrogen and oxygen atoms in total. The fourth-order valence-electron chi connectivity index (χ4n) is 3.69. The molecule has 0 bridgehead atoms. The van der Waals surface area contributed by atoms with Crippen LogP contribution in [0.4, 0.5) is 5.69 Å². The minimum absolute atomic E-state index is 0.102. The molecule has 4 aromatic rings. The van der Waals surface area contributed by atoms with Gasteiger partial charge in [-0.1, -0.05) is 23.4 Å². The maximum absolute atomic E-state index is 12.8. The third-order valence-corrected chi connectivity index (χ3v) is 5.59. The molecular formula is C24H23N5O3. The predicted octanol–water partition coefficient (Wildman–Crippen LogP) is 3.23. The summed E-state index contributed by atoms with van der Waals surface area (Å²) in [6, 6.07) is 15.2. The smallest absolute Gasteiger partial charge is 0.269 e. The maximum Gasteiger partial charge on any atom is 0.269 e. The van der Waals surface area contributed by atoms with Gasteiger partial charge in [0, 0.05) is 29.1 Å². The number of aryl methyl sites for hydroxylation is 2. The van der Waals surface area contributed by atoms with Crippen LogP contribution in [0.2, 0.25) is 0 Å². The van der Waals surface area contributed by atoms with Crippen LogP contribution in [0, 0.1) is 13.8 Å². The number of aromatic nitrogens is 4. The summed E-state index contributed by atoms with van der Waals surface area (Å²) in [6.07, 6.45) is 3.58. The van der Waals surface area contributed by atoms with Crippen molar-refractivity contribution in [3.05, 3.63) is 88.3 Å². The average Bonchev–Trinajstić information content (AvgIpc) is 3.13. The lowest BCUT2D eigenvalue weighted by atomic mass is 10.1. The Hall–Kier alpha value is -3.94. The van der Waals surface area contributed by atoms with Crippen molar-refractivity contribution in [1.29, 1.82) is 0 Å². The van der Waals surface area contributed by atoms with E-state index in [0.717, 1.165) is 41.3 Å². The van der Waals surface area contributed by atoms with Crippen molar-refractivity contribution >= 4 is 5.69 Å². The molecular weight excluding hydrogens is 406 g/mol. The molecule has 1 saturated heterocycles. The Morgan fingerprint density at radius 2 is 1.91 bits per heavy atom. The minimum Gasteiger partial charge on any atom is -0.487 e. The fourth-order valence-corrected chi connectivity index (χ4v) is 3.69. The number of rotatable bonds is 6. The molecule has 3 aromatic heterocycles. The van der Waals surface area contributed by atoms with Crippen molar-refractivity contribution in [2.75, 3.05) is 18.0 Å². The number of pyridine rings is 1. The lowest BCUT2D eigenvalue weighted by Gasteiger charge is -2.40. The van der Waals surface area contributed by atoms with Crippen LogP contribution in [-0.4, -0.2) is 39.1 Å². The normalized spacial score (nSPS) is 13.8. The maximum atomic E-state index is 12.8. The van der Waals surface area contributed by atoms with E-state index in [2.05, 4.69) is 20.1 Å². The zero-order valence-electron chi connectivity index (χ0n) is 17.9. The lowest BCUT2D eigenvalue weighted by Crippen LogP contribution is -2.54. The topological polar surface area (TPSA) is 86.3 Å². The Morgan fingerprint density at radius 3 is 2.62 bits per heavy atom. The van der Waals surface area contributed by atoms with Crippen LogP contribution in [0.15, 0.2) is 70.2 Å². The molecule has 8 heteroatoms. The third-order valence-electron chi connectivity index (χ3n) is 5.59. The van der Waals surface area contributed by atoms with Gasteiger partial charge in [0.15, 0.2) is 0 Å². The van der Waals surface area contributed by atoms with Gasteiger partial charge < -0.3 is 14.2 Å². The van der Waals surface area contributed by atoms with Gasteiger partial charge in [0.25, 0.3) is 5.56 Å². The Kier molecular flexibility index (Phi) is 5.18. The molecule has 1 aliphatic heterocycles. The first kappa shape index (κ1) is 20.0. The Morgan fingerprint density at radius 1 is 1.09 bits per heavy atom. The van der Waals surface area contributed by atoms with E-state index in [4.69, 9.17) is 9.26 Å². The van der Waals surface area contributed by atoms with Gasteiger partial charge in [-0.2, -0.15) is 5.10 Å². The zero-order chi connectivity index (χ0) is 22.1. The van der Waals surface area contributed by atoms with Crippen LogP contribution < -0.4 is 15.2 Å². The summed E-state index contributed by atoms with van der Waals surface area (Å²) in [5, 5.41) is 8.56. The van der Waals surface area contributed by atoms with Crippen LogP contribution in [0.1, 0.15) is 17.0 Å². The highest BCUT2D eigenvalue weighted by Gasteiger charge is 2.29. The summed E-state index contributed by atoms with van der Waals surface area (Å²) in [7, 11) is 0. The van der Waals surface area contributed by atoms with Crippen molar-refractivity contribution in [1.82, 2.24) is 19.9 Å². The van der Waals surface area contributed by atoms with E-state index >= 15 is 0 Å². The second-order valence-electron chi connectivity index (χ2n) is 7.92. The summed E-state index contributed by atoms with van der Waals surface area (Å²) < 4.78 is 12.8. The van der Waals surface area contributed by atoms with E-state index in [-0.39, 0.29) is 18.2 Å². The van der Waals surface area contributed by atoms with E-state index in [0.29, 0.717) is 11.5 Å². The molecule has 162 valence electrons. The number of para-hydroxylation sites is 1. The molecule has 0 N–H and O–H groups in total. The molecule has 1 aromatic carbocycles. The summed E-state index contributed by atoms with van der Waals surface area (Å²) in [6.45, 7) is 5.47. The highest BCUT2D eigenvalue weighted by Crippen LogP contribution is 2.26. The Bertz CT molecular complexity index is 1280. The Labute approximate surface area is 185 Å². The monoisotopic (exact) mass is 429 g/mol. The van der Waals surface area contributed by atoms with Crippen molar-refractivity contribution in [2.45, 2.75) is 26.5 Å². The highest BCUT2D eigenvalue weighted by atomic mass is 16.5. The first-order valence-electron chi connectivity index (χ1n) is 10.5. The predicted molar refractivity (Wildman–Crippen MR) is 120 cm³/mol. The minimum atomic E-state index is -0.177. The average molecular weight is 429 g/mol. The van der Waals surface area contributed by atoms with Gasteiger partial charge in [-0.15, -0.1) is 0 Å².